The molecule has 0 atom stereocenters. The van der Waals surface area contributed by atoms with Crippen molar-refractivity contribution in [3.8, 4) is 11.5 Å². The summed E-state index contributed by atoms with van der Waals surface area (Å²) in [5.74, 6) is -0.437. The van der Waals surface area contributed by atoms with E-state index in [-0.39, 0.29) is 12.2 Å². The number of benzene rings is 1. The van der Waals surface area contributed by atoms with Gasteiger partial charge >= 0.3 is 5.97 Å². The van der Waals surface area contributed by atoms with Gasteiger partial charge in [-0.3, -0.25) is 4.79 Å². The largest absolute Gasteiger partial charge is 0.481 e. The monoisotopic (exact) mass is 232 g/mol. The number of aliphatic carboxylic acids is 1. The van der Waals surface area contributed by atoms with Gasteiger partial charge in [-0.25, -0.2) is 0 Å². The van der Waals surface area contributed by atoms with E-state index in [0.717, 1.165) is 11.1 Å². The van der Waals surface area contributed by atoms with Crippen molar-refractivity contribution < 1.29 is 14.4 Å². The molecule has 5 heteroatoms. The molecule has 0 fully saturated rings. The van der Waals surface area contributed by atoms with Crippen molar-refractivity contribution in [2.75, 3.05) is 0 Å². The Hall–Kier alpha value is -2.17. The van der Waals surface area contributed by atoms with Crippen molar-refractivity contribution in [3.05, 3.63) is 35.2 Å². The van der Waals surface area contributed by atoms with Crippen LogP contribution < -0.4 is 0 Å². The summed E-state index contributed by atoms with van der Waals surface area (Å²) in [6.45, 7) is 4.01. The Morgan fingerprint density at radius 2 is 2.12 bits per heavy atom. The van der Waals surface area contributed by atoms with Crippen LogP contribution >= 0.6 is 0 Å². The van der Waals surface area contributed by atoms with Crippen molar-refractivity contribution in [1.29, 1.82) is 0 Å². The van der Waals surface area contributed by atoms with Gasteiger partial charge in [-0.15, -0.1) is 0 Å². The number of rotatable bonds is 3. The summed E-state index contributed by atoms with van der Waals surface area (Å²) in [4.78, 5) is 14.5. The standard InChI is InChI=1S/C12H12N2O3/c1-7-3-4-9(5-8(7)2)12-13-10(14-17-12)6-11(15)16/h3-5H,6H2,1-2H3,(H,15,16). The van der Waals surface area contributed by atoms with Crippen LogP contribution in [0.3, 0.4) is 0 Å². The van der Waals surface area contributed by atoms with Gasteiger partial charge in [0.05, 0.1) is 0 Å². The zero-order chi connectivity index (χ0) is 12.4. The molecule has 0 unspecified atom stereocenters. The molecule has 0 amide bonds. The molecule has 88 valence electrons. The fraction of sp³-hybridized carbons (Fsp3) is 0.250. The van der Waals surface area contributed by atoms with Gasteiger partial charge < -0.3 is 9.63 Å². The number of nitrogens with zero attached hydrogens (tertiary/aromatic N) is 2. The van der Waals surface area contributed by atoms with Gasteiger partial charge in [-0.05, 0) is 37.1 Å². The maximum Gasteiger partial charge on any atom is 0.311 e. The van der Waals surface area contributed by atoms with Crippen molar-refractivity contribution >= 4 is 5.97 Å². The maximum absolute atomic E-state index is 10.5. The van der Waals surface area contributed by atoms with Gasteiger partial charge in [0.2, 0.25) is 0 Å². The van der Waals surface area contributed by atoms with E-state index in [2.05, 4.69) is 10.1 Å². The third-order valence-corrected chi connectivity index (χ3v) is 2.53. The second-order valence-corrected chi connectivity index (χ2v) is 3.89. The number of carbonyl (C=O) groups is 1. The lowest BCUT2D eigenvalue weighted by atomic mass is 10.1. The third kappa shape index (κ3) is 2.50. The summed E-state index contributed by atoms with van der Waals surface area (Å²) >= 11 is 0. The maximum atomic E-state index is 10.5. The molecular formula is C12H12N2O3. The first-order valence-electron chi connectivity index (χ1n) is 5.18. The lowest BCUT2D eigenvalue weighted by Gasteiger charge is -2.00. The minimum Gasteiger partial charge on any atom is -0.481 e. The van der Waals surface area contributed by atoms with E-state index in [0.29, 0.717) is 5.89 Å². The first-order valence-corrected chi connectivity index (χ1v) is 5.18. The van der Waals surface area contributed by atoms with Gasteiger partial charge in [0.25, 0.3) is 5.89 Å². The summed E-state index contributed by atoms with van der Waals surface area (Å²) in [7, 11) is 0. The van der Waals surface area contributed by atoms with Gasteiger partial charge in [-0.1, -0.05) is 11.2 Å². The summed E-state index contributed by atoms with van der Waals surface area (Å²) < 4.78 is 5.02. The number of hydrogen-bond donors (Lipinski definition) is 1. The van der Waals surface area contributed by atoms with E-state index in [1.165, 1.54) is 5.56 Å². The molecule has 0 radical (unpaired) electrons. The molecule has 2 aromatic rings. The molecule has 0 aliphatic heterocycles. The van der Waals surface area contributed by atoms with E-state index < -0.39 is 5.97 Å². The Morgan fingerprint density at radius 3 is 2.76 bits per heavy atom. The zero-order valence-electron chi connectivity index (χ0n) is 9.60. The topological polar surface area (TPSA) is 76.2 Å². The van der Waals surface area contributed by atoms with Crippen LogP contribution in [0.5, 0.6) is 0 Å². The molecule has 0 saturated carbocycles. The van der Waals surface area contributed by atoms with Crippen LogP contribution in [0.25, 0.3) is 11.5 Å². The highest BCUT2D eigenvalue weighted by molar-refractivity contribution is 5.69. The smallest absolute Gasteiger partial charge is 0.311 e. The zero-order valence-corrected chi connectivity index (χ0v) is 9.60. The minimum atomic E-state index is -0.975. The van der Waals surface area contributed by atoms with E-state index in [1.807, 2.05) is 32.0 Å². The minimum absolute atomic E-state index is 0.186. The molecule has 2 rings (SSSR count). The van der Waals surface area contributed by atoms with Crippen LogP contribution in [0, 0.1) is 13.8 Å². The van der Waals surface area contributed by atoms with Gasteiger partial charge in [0.1, 0.15) is 6.42 Å². The van der Waals surface area contributed by atoms with E-state index >= 15 is 0 Å². The van der Waals surface area contributed by atoms with Crippen LogP contribution in [0.4, 0.5) is 0 Å². The molecular weight excluding hydrogens is 220 g/mol. The second kappa shape index (κ2) is 4.37. The van der Waals surface area contributed by atoms with E-state index in [9.17, 15) is 4.79 Å². The van der Waals surface area contributed by atoms with Crippen LogP contribution in [-0.2, 0) is 11.2 Å². The number of hydrogen-bond acceptors (Lipinski definition) is 4. The molecule has 1 N–H and O–H groups in total. The molecule has 0 aliphatic carbocycles. The fourth-order valence-electron chi connectivity index (χ4n) is 1.45. The van der Waals surface area contributed by atoms with Crippen molar-refractivity contribution in [3.63, 3.8) is 0 Å². The van der Waals surface area contributed by atoms with Crippen LogP contribution in [-0.4, -0.2) is 21.2 Å². The molecule has 17 heavy (non-hydrogen) atoms. The average Bonchev–Trinajstić information content (AvgIpc) is 2.69. The number of carboxylic acid groups (broad SMARTS) is 1. The van der Waals surface area contributed by atoms with Crippen molar-refractivity contribution in [1.82, 2.24) is 10.1 Å². The van der Waals surface area contributed by atoms with Gasteiger partial charge in [-0.2, -0.15) is 4.98 Å². The summed E-state index contributed by atoms with van der Waals surface area (Å²) in [5.41, 5.74) is 3.11. The molecule has 0 saturated heterocycles. The average molecular weight is 232 g/mol. The predicted octanol–water partition coefficient (Wildman–Crippen LogP) is 1.98. The normalized spacial score (nSPS) is 10.5. The lowest BCUT2D eigenvalue weighted by molar-refractivity contribution is -0.136. The first kappa shape index (κ1) is 11.3. The van der Waals surface area contributed by atoms with Crippen LogP contribution in [0.2, 0.25) is 0 Å². The van der Waals surface area contributed by atoms with Crippen LogP contribution in [0.15, 0.2) is 22.7 Å². The van der Waals surface area contributed by atoms with Crippen molar-refractivity contribution in [2.24, 2.45) is 0 Å². The van der Waals surface area contributed by atoms with Gasteiger partial charge in [0.15, 0.2) is 5.82 Å². The summed E-state index contributed by atoms with van der Waals surface area (Å²) in [6, 6.07) is 5.78. The summed E-state index contributed by atoms with van der Waals surface area (Å²) in [5, 5.41) is 12.2. The summed E-state index contributed by atoms with van der Waals surface area (Å²) in [6.07, 6.45) is -0.228. The molecule has 0 bridgehead atoms. The molecule has 1 aromatic heterocycles. The molecule has 0 aliphatic rings. The highest BCUT2D eigenvalue weighted by Crippen LogP contribution is 2.20. The SMILES string of the molecule is Cc1ccc(-c2nc(CC(=O)O)no2)cc1C. The molecule has 0 spiro atoms. The quantitative estimate of drug-likeness (QED) is 0.875. The highest BCUT2D eigenvalue weighted by Gasteiger charge is 2.11. The third-order valence-electron chi connectivity index (χ3n) is 2.53. The fourth-order valence-corrected chi connectivity index (χ4v) is 1.45. The first-order chi connectivity index (χ1) is 8.06. The Labute approximate surface area is 98.1 Å². The molecule has 1 heterocycles. The second-order valence-electron chi connectivity index (χ2n) is 3.89. The Bertz CT molecular complexity index is 561. The van der Waals surface area contributed by atoms with Gasteiger partial charge in [0, 0.05) is 5.56 Å². The van der Waals surface area contributed by atoms with Crippen LogP contribution in [0.1, 0.15) is 17.0 Å². The lowest BCUT2D eigenvalue weighted by Crippen LogP contribution is -2.01. The van der Waals surface area contributed by atoms with E-state index in [1.54, 1.807) is 0 Å². The van der Waals surface area contributed by atoms with E-state index in [4.69, 9.17) is 9.63 Å². The highest BCUT2D eigenvalue weighted by atomic mass is 16.5. The Morgan fingerprint density at radius 1 is 1.35 bits per heavy atom. The predicted molar refractivity (Wildman–Crippen MR) is 60.5 cm³/mol. The number of aromatic nitrogens is 2. The number of carboxylic acids is 1. The molecule has 1 aromatic carbocycles. The Balaban J connectivity index is 2.30. The Kier molecular flexibility index (Phi) is 2.91. The number of aryl methyl sites for hydroxylation is 2. The van der Waals surface area contributed by atoms with Crippen molar-refractivity contribution in [2.45, 2.75) is 20.3 Å². The molecule has 5 nitrogen and oxygen atoms in total.